The van der Waals surface area contributed by atoms with Gasteiger partial charge in [-0.1, -0.05) is 20.8 Å². The molecule has 10 atom stereocenters. The van der Waals surface area contributed by atoms with Gasteiger partial charge in [0.25, 0.3) is 0 Å². The van der Waals surface area contributed by atoms with Crippen molar-refractivity contribution in [2.24, 2.45) is 46.3 Å². The van der Waals surface area contributed by atoms with Crippen LogP contribution in [0.4, 0.5) is 0 Å². The number of hydrogen-bond donors (Lipinski definition) is 2. The third-order valence-electron chi connectivity index (χ3n) is 10.2. The lowest BCUT2D eigenvalue weighted by Crippen LogP contribution is -2.58. The summed E-state index contributed by atoms with van der Waals surface area (Å²) in [6.07, 6.45) is 11.4. The molecule has 0 heterocycles. The number of aliphatic hydroxyl groups excluding tert-OH is 2. The van der Waals surface area contributed by atoms with Crippen molar-refractivity contribution in [2.75, 3.05) is 0 Å². The van der Waals surface area contributed by atoms with Gasteiger partial charge in [0.15, 0.2) is 0 Å². The highest BCUT2D eigenvalue weighted by Gasteiger charge is 2.63. The molecule has 0 aliphatic heterocycles. The average molecular weight is 377 g/mol. The van der Waals surface area contributed by atoms with Crippen molar-refractivity contribution in [1.82, 2.24) is 0 Å². The summed E-state index contributed by atoms with van der Waals surface area (Å²) >= 11 is 0. The van der Waals surface area contributed by atoms with Gasteiger partial charge >= 0.3 is 0 Å². The molecule has 154 valence electrons. The summed E-state index contributed by atoms with van der Waals surface area (Å²) in [5.41, 5.74) is 0.340. The van der Waals surface area contributed by atoms with Crippen molar-refractivity contribution in [2.45, 2.75) is 97.2 Å². The van der Waals surface area contributed by atoms with Crippen LogP contribution in [0.25, 0.3) is 0 Å². The molecular formula is C24H40O3. The quantitative estimate of drug-likeness (QED) is 0.706. The Morgan fingerprint density at radius 2 is 1.81 bits per heavy atom. The molecule has 0 radical (unpaired) electrons. The molecule has 4 aliphatic carbocycles. The number of fused-ring (bicyclic) bond motifs is 5. The van der Waals surface area contributed by atoms with Crippen LogP contribution in [0.5, 0.6) is 0 Å². The summed E-state index contributed by atoms with van der Waals surface area (Å²) in [5.74, 6) is 3.73. The third kappa shape index (κ3) is 2.94. The van der Waals surface area contributed by atoms with Gasteiger partial charge in [0, 0.05) is 6.42 Å². The van der Waals surface area contributed by atoms with Gasteiger partial charge in [-0.15, -0.1) is 0 Å². The van der Waals surface area contributed by atoms with Crippen LogP contribution in [0.3, 0.4) is 0 Å². The Hall–Kier alpha value is -0.410. The van der Waals surface area contributed by atoms with E-state index in [0.717, 1.165) is 44.3 Å². The normalized spacial score (nSPS) is 53.1. The van der Waals surface area contributed by atoms with Crippen LogP contribution in [0.15, 0.2) is 0 Å². The summed E-state index contributed by atoms with van der Waals surface area (Å²) in [6, 6.07) is 0. The SMILES string of the molecule is C[C@H](CCC=O)C1CC[C@H]2[C@@H]3CC[C@@H]4C[C@H](O)CC[C@]4(C)[C@H]3C[C@H](O)[C@]12C. The fourth-order valence-electron chi connectivity index (χ4n) is 8.69. The number of aliphatic hydroxyl groups is 2. The first-order chi connectivity index (χ1) is 12.8. The first-order valence-corrected chi connectivity index (χ1v) is 11.6. The van der Waals surface area contributed by atoms with E-state index in [1.165, 1.54) is 25.7 Å². The third-order valence-corrected chi connectivity index (χ3v) is 10.2. The van der Waals surface area contributed by atoms with E-state index in [1.54, 1.807) is 0 Å². The molecular weight excluding hydrogens is 336 g/mol. The van der Waals surface area contributed by atoms with Crippen LogP contribution in [-0.2, 0) is 4.79 Å². The van der Waals surface area contributed by atoms with Crippen molar-refractivity contribution in [3.05, 3.63) is 0 Å². The van der Waals surface area contributed by atoms with Gasteiger partial charge < -0.3 is 15.0 Å². The van der Waals surface area contributed by atoms with E-state index >= 15 is 0 Å². The first-order valence-electron chi connectivity index (χ1n) is 11.6. The van der Waals surface area contributed by atoms with Crippen LogP contribution >= 0.6 is 0 Å². The standard InChI is InChI=1S/C24H40O3/c1-15(5-4-12-25)19-8-9-20-18-7-6-16-13-17(26)10-11-23(16,2)21(18)14-22(27)24(19,20)3/h12,15-22,26-27H,4-11,13-14H2,1-3H3/t15-,16-,17-,18+,19?,20+,21+,22+,23+,24-/m1/s1. The van der Waals surface area contributed by atoms with Gasteiger partial charge in [0.05, 0.1) is 12.2 Å². The highest BCUT2D eigenvalue weighted by molar-refractivity contribution is 5.49. The maximum Gasteiger partial charge on any atom is 0.120 e. The Morgan fingerprint density at radius 1 is 1.04 bits per heavy atom. The second-order valence-electron chi connectivity index (χ2n) is 11.1. The van der Waals surface area contributed by atoms with Gasteiger partial charge in [-0.3, -0.25) is 0 Å². The number of hydrogen-bond acceptors (Lipinski definition) is 3. The van der Waals surface area contributed by atoms with Gasteiger partial charge in [-0.05, 0) is 104 Å². The van der Waals surface area contributed by atoms with E-state index in [4.69, 9.17) is 0 Å². The summed E-state index contributed by atoms with van der Waals surface area (Å²) < 4.78 is 0. The zero-order chi connectivity index (χ0) is 19.4. The van der Waals surface area contributed by atoms with Crippen LogP contribution < -0.4 is 0 Å². The number of carbonyl (C=O) groups excluding carboxylic acids is 1. The number of aldehydes is 1. The summed E-state index contributed by atoms with van der Waals surface area (Å²) in [6.45, 7) is 7.17. The van der Waals surface area contributed by atoms with Gasteiger partial charge in [0.1, 0.15) is 6.29 Å². The zero-order valence-corrected chi connectivity index (χ0v) is 17.6. The molecule has 3 heteroatoms. The van der Waals surface area contributed by atoms with E-state index in [-0.39, 0.29) is 17.6 Å². The molecule has 3 nitrogen and oxygen atoms in total. The van der Waals surface area contributed by atoms with E-state index in [9.17, 15) is 15.0 Å². The van der Waals surface area contributed by atoms with Crippen molar-refractivity contribution in [1.29, 1.82) is 0 Å². The van der Waals surface area contributed by atoms with Crippen molar-refractivity contribution in [3.63, 3.8) is 0 Å². The Labute approximate surface area is 165 Å². The topological polar surface area (TPSA) is 57.5 Å². The zero-order valence-electron chi connectivity index (χ0n) is 17.6. The van der Waals surface area contributed by atoms with Gasteiger partial charge in [0.2, 0.25) is 0 Å². The largest absolute Gasteiger partial charge is 0.393 e. The average Bonchev–Trinajstić information content (AvgIpc) is 3.00. The van der Waals surface area contributed by atoms with Crippen LogP contribution in [0.1, 0.15) is 85.0 Å². The second kappa shape index (κ2) is 7.13. The van der Waals surface area contributed by atoms with Crippen LogP contribution in [0.2, 0.25) is 0 Å². The predicted octanol–water partition coefficient (Wildman–Crippen LogP) is 4.59. The monoisotopic (exact) mass is 376 g/mol. The maximum atomic E-state index is 11.5. The minimum atomic E-state index is -0.211. The Bertz CT molecular complexity index is 562. The van der Waals surface area contributed by atoms with Crippen molar-refractivity contribution < 1.29 is 15.0 Å². The van der Waals surface area contributed by atoms with Crippen molar-refractivity contribution >= 4 is 6.29 Å². The molecule has 0 amide bonds. The molecule has 4 fully saturated rings. The van der Waals surface area contributed by atoms with Gasteiger partial charge in [-0.2, -0.15) is 0 Å². The van der Waals surface area contributed by atoms with E-state index in [2.05, 4.69) is 20.8 Å². The maximum absolute atomic E-state index is 11.5. The summed E-state index contributed by atoms with van der Waals surface area (Å²) in [7, 11) is 0. The van der Waals surface area contributed by atoms with E-state index in [1.807, 2.05) is 0 Å². The first kappa shape index (κ1) is 19.9. The van der Waals surface area contributed by atoms with Crippen LogP contribution in [-0.4, -0.2) is 28.7 Å². The smallest absolute Gasteiger partial charge is 0.120 e. The molecule has 0 aromatic rings. The highest BCUT2D eigenvalue weighted by Crippen LogP contribution is 2.68. The fraction of sp³-hybridized carbons (Fsp3) is 0.958. The number of carbonyl (C=O) groups is 1. The summed E-state index contributed by atoms with van der Waals surface area (Å²) in [5, 5.41) is 21.7. The Balaban J connectivity index is 1.58. The van der Waals surface area contributed by atoms with E-state index in [0.29, 0.717) is 41.4 Å². The molecule has 2 N–H and O–H groups in total. The summed E-state index contributed by atoms with van der Waals surface area (Å²) in [4.78, 5) is 10.9. The minimum absolute atomic E-state index is 0.0286. The molecule has 0 bridgehead atoms. The molecule has 0 aromatic carbocycles. The van der Waals surface area contributed by atoms with Crippen LogP contribution in [0, 0.1) is 46.3 Å². The Kier molecular flexibility index (Phi) is 5.25. The predicted molar refractivity (Wildman–Crippen MR) is 107 cm³/mol. The molecule has 4 aliphatic rings. The number of rotatable bonds is 4. The lowest BCUT2D eigenvalue weighted by molar-refractivity contribution is -0.174. The molecule has 1 unspecified atom stereocenters. The molecule has 0 spiro atoms. The molecule has 4 saturated carbocycles. The fourth-order valence-corrected chi connectivity index (χ4v) is 8.69. The lowest BCUT2D eigenvalue weighted by Gasteiger charge is -2.62. The van der Waals surface area contributed by atoms with E-state index < -0.39 is 0 Å². The molecule has 0 aromatic heterocycles. The van der Waals surface area contributed by atoms with Gasteiger partial charge in [-0.25, -0.2) is 0 Å². The highest BCUT2D eigenvalue weighted by atomic mass is 16.3. The molecule has 4 rings (SSSR count). The minimum Gasteiger partial charge on any atom is -0.393 e. The lowest BCUT2D eigenvalue weighted by atomic mass is 9.43. The van der Waals surface area contributed by atoms with Crippen molar-refractivity contribution in [3.8, 4) is 0 Å². The molecule has 0 saturated heterocycles. The second-order valence-corrected chi connectivity index (χ2v) is 11.1. The molecule has 27 heavy (non-hydrogen) atoms. The Morgan fingerprint density at radius 3 is 2.56 bits per heavy atom.